The molecule has 1 unspecified atom stereocenters. The Morgan fingerprint density at radius 2 is 1.59 bits per heavy atom. The number of rotatable bonds is 9. The van der Waals surface area contributed by atoms with Gasteiger partial charge in [-0.25, -0.2) is 4.98 Å². The van der Waals surface area contributed by atoms with Crippen LogP contribution in [0.25, 0.3) is 32.4 Å². The standard InChI is InChI=1S/C27H28N2O4S/c1-5-17(2)22-14-15-29(16-23(30)31)25(22)27-28-24(18-6-10-20(32-3)11-7-18)26(34-27)19-8-12-21(33-4)13-9-19/h6-15,17H,5,16H2,1-4H3,(H,30,31). The molecule has 2 aromatic heterocycles. The van der Waals surface area contributed by atoms with Crippen LogP contribution in [0.5, 0.6) is 11.5 Å². The first-order chi connectivity index (χ1) is 16.4. The third-order valence-corrected chi connectivity index (χ3v) is 7.10. The molecular formula is C27H28N2O4S. The van der Waals surface area contributed by atoms with Crippen LogP contribution in [0.1, 0.15) is 31.7 Å². The average molecular weight is 477 g/mol. The van der Waals surface area contributed by atoms with E-state index in [0.29, 0.717) is 0 Å². The first-order valence-corrected chi connectivity index (χ1v) is 12.0. The molecule has 4 aromatic rings. The van der Waals surface area contributed by atoms with Gasteiger partial charge in [0.15, 0.2) is 0 Å². The third kappa shape index (κ3) is 4.70. The number of hydrogen-bond acceptors (Lipinski definition) is 5. The topological polar surface area (TPSA) is 73.6 Å². The first kappa shape index (κ1) is 23.6. The number of carboxylic acids is 1. The van der Waals surface area contributed by atoms with Gasteiger partial charge in [-0.3, -0.25) is 4.79 Å². The number of aromatic nitrogens is 2. The minimum atomic E-state index is -0.880. The van der Waals surface area contributed by atoms with Gasteiger partial charge in [-0.05, 0) is 78.1 Å². The van der Waals surface area contributed by atoms with Crippen molar-refractivity contribution in [2.45, 2.75) is 32.7 Å². The van der Waals surface area contributed by atoms with Crippen molar-refractivity contribution < 1.29 is 19.4 Å². The molecule has 34 heavy (non-hydrogen) atoms. The molecular weight excluding hydrogens is 448 g/mol. The second-order valence-corrected chi connectivity index (χ2v) is 9.10. The molecule has 2 aromatic carbocycles. The van der Waals surface area contributed by atoms with E-state index in [0.717, 1.165) is 55.9 Å². The fourth-order valence-electron chi connectivity index (χ4n) is 3.93. The first-order valence-electron chi connectivity index (χ1n) is 11.2. The number of hydrogen-bond donors (Lipinski definition) is 1. The van der Waals surface area contributed by atoms with Gasteiger partial charge in [-0.1, -0.05) is 13.8 Å². The highest BCUT2D eigenvalue weighted by molar-refractivity contribution is 7.19. The van der Waals surface area contributed by atoms with Gasteiger partial charge in [0.25, 0.3) is 0 Å². The maximum absolute atomic E-state index is 11.6. The lowest BCUT2D eigenvalue weighted by Crippen LogP contribution is -2.09. The van der Waals surface area contributed by atoms with Crippen molar-refractivity contribution in [3.8, 4) is 43.9 Å². The molecule has 176 valence electrons. The molecule has 0 amide bonds. The lowest BCUT2D eigenvalue weighted by Gasteiger charge is -2.12. The van der Waals surface area contributed by atoms with Crippen molar-refractivity contribution in [2.24, 2.45) is 0 Å². The van der Waals surface area contributed by atoms with Crippen LogP contribution in [0.2, 0.25) is 0 Å². The average Bonchev–Trinajstić information content (AvgIpc) is 3.47. The quantitative estimate of drug-likeness (QED) is 0.296. The van der Waals surface area contributed by atoms with Gasteiger partial charge in [0.05, 0.1) is 30.5 Å². The Bertz CT molecular complexity index is 1210. The fourth-order valence-corrected chi connectivity index (χ4v) is 5.11. The predicted molar refractivity (Wildman–Crippen MR) is 136 cm³/mol. The van der Waals surface area contributed by atoms with E-state index in [1.54, 1.807) is 30.1 Å². The van der Waals surface area contributed by atoms with Gasteiger partial charge in [0.2, 0.25) is 0 Å². The number of methoxy groups -OCH3 is 2. The fraction of sp³-hybridized carbons (Fsp3) is 0.259. The largest absolute Gasteiger partial charge is 0.497 e. The molecule has 1 N–H and O–H groups in total. The summed E-state index contributed by atoms with van der Waals surface area (Å²) in [5.41, 5.74) is 4.83. The predicted octanol–water partition coefficient (Wildman–Crippen LogP) is 6.56. The lowest BCUT2D eigenvalue weighted by molar-refractivity contribution is -0.137. The van der Waals surface area contributed by atoms with Crippen molar-refractivity contribution in [2.75, 3.05) is 14.2 Å². The van der Waals surface area contributed by atoms with E-state index < -0.39 is 5.97 Å². The lowest BCUT2D eigenvalue weighted by atomic mass is 9.99. The Morgan fingerprint density at radius 3 is 2.12 bits per heavy atom. The summed E-state index contributed by atoms with van der Waals surface area (Å²) in [7, 11) is 3.29. The summed E-state index contributed by atoms with van der Waals surface area (Å²) in [5, 5.41) is 10.3. The van der Waals surface area contributed by atoms with E-state index in [4.69, 9.17) is 14.5 Å². The molecule has 0 spiro atoms. The van der Waals surface area contributed by atoms with Crippen LogP contribution in [0.3, 0.4) is 0 Å². The molecule has 0 aliphatic rings. The van der Waals surface area contributed by atoms with Gasteiger partial charge in [-0.2, -0.15) is 0 Å². The Morgan fingerprint density at radius 1 is 1.00 bits per heavy atom. The molecule has 6 nitrogen and oxygen atoms in total. The van der Waals surface area contributed by atoms with Gasteiger partial charge in [-0.15, -0.1) is 11.3 Å². The van der Waals surface area contributed by atoms with Crippen LogP contribution < -0.4 is 9.47 Å². The van der Waals surface area contributed by atoms with Crippen molar-refractivity contribution in [1.29, 1.82) is 0 Å². The summed E-state index contributed by atoms with van der Waals surface area (Å²) in [6.45, 7) is 4.18. The number of aliphatic carboxylic acids is 1. The van der Waals surface area contributed by atoms with Crippen molar-refractivity contribution in [3.63, 3.8) is 0 Å². The molecule has 0 bridgehead atoms. The second kappa shape index (κ2) is 10.1. The van der Waals surface area contributed by atoms with Crippen LogP contribution in [0.4, 0.5) is 0 Å². The third-order valence-electron chi connectivity index (χ3n) is 5.99. The van der Waals surface area contributed by atoms with E-state index in [1.165, 1.54) is 0 Å². The maximum atomic E-state index is 11.6. The van der Waals surface area contributed by atoms with E-state index in [1.807, 2.05) is 60.8 Å². The summed E-state index contributed by atoms with van der Waals surface area (Å²) in [6.07, 6.45) is 2.80. The molecule has 2 heterocycles. The molecule has 0 saturated carbocycles. The highest BCUT2D eigenvalue weighted by Crippen LogP contribution is 2.43. The summed E-state index contributed by atoms with van der Waals surface area (Å²) < 4.78 is 12.4. The Labute approximate surface area is 203 Å². The van der Waals surface area contributed by atoms with Crippen LogP contribution in [-0.2, 0) is 11.3 Å². The zero-order valence-corrected chi connectivity index (χ0v) is 20.6. The molecule has 0 radical (unpaired) electrons. The monoisotopic (exact) mass is 476 g/mol. The summed E-state index contributed by atoms with van der Waals surface area (Å²) in [5.74, 6) is 0.964. The zero-order chi connectivity index (χ0) is 24.2. The summed E-state index contributed by atoms with van der Waals surface area (Å²) >= 11 is 1.57. The van der Waals surface area contributed by atoms with Crippen molar-refractivity contribution in [1.82, 2.24) is 9.55 Å². The number of ether oxygens (including phenoxy) is 2. The molecule has 0 aliphatic heterocycles. The summed E-state index contributed by atoms with van der Waals surface area (Å²) in [4.78, 5) is 17.7. The van der Waals surface area contributed by atoms with Crippen molar-refractivity contribution >= 4 is 17.3 Å². The van der Waals surface area contributed by atoms with Crippen LogP contribution in [0, 0.1) is 0 Å². The van der Waals surface area contributed by atoms with E-state index in [9.17, 15) is 9.90 Å². The van der Waals surface area contributed by atoms with Crippen LogP contribution in [0.15, 0.2) is 60.8 Å². The highest BCUT2D eigenvalue weighted by Gasteiger charge is 2.23. The van der Waals surface area contributed by atoms with Crippen LogP contribution >= 0.6 is 11.3 Å². The minimum absolute atomic E-state index is 0.110. The highest BCUT2D eigenvalue weighted by atomic mass is 32.1. The van der Waals surface area contributed by atoms with Crippen LogP contribution in [-0.4, -0.2) is 34.8 Å². The van der Waals surface area contributed by atoms with E-state index in [-0.39, 0.29) is 12.5 Å². The number of thiazole rings is 1. The summed E-state index contributed by atoms with van der Waals surface area (Å²) in [6, 6.07) is 17.8. The minimum Gasteiger partial charge on any atom is -0.497 e. The number of carbonyl (C=O) groups is 1. The zero-order valence-electron chi connectivity index (χ0n) is 19.7. The number of nitrogens with zero attached hydrogens (tertiary/aromatic N) is 2. The van der Waals surface area contributed by atoms with Crippen molar-refractivity contribution in [3.05, 3.63) is 66.4 Å². The smallest absolute Gasteiger partial charge is 0.323 e. The SMILES string of the molecule is CCC(C)c1ccn(CC(=O)O)c1-c1nc(-c2ccc(OC)cc2)c(-c2ccc(OC)cc2)s1. The maximum Gasteiger partial charge on any atom is 0.323 e. The molecule has 0 aliphatic carbocycles. The van der Waals surface area contributed by atoms with Gasteiger partial charge in [0, 0.05) is 11.8 Å². The van der Waals surface area contributed by atoms with E-state index in [2.05, 4.69) is 13.8 Å². The number of carboxylic acid groups (broad SMARTS) is 1. The molecule has 0 saturated heterocycles. The van der Waals surface area contributed by atoms with Gasteiger partial charge in [0.1, 0.15) is 23.1 Å². The molecule has 1 atom stereocenters. The number of benzene rings is 2. The van der Waals surface area contributed by atoms with E-state index >= 15 is 0 Å². The Balaban J connectivity index is 1.92. The molecule has 0 fully saturated rings. The molecule has 7 heteroatoms. The van der Waals surface area contributed by atoms with Gasteiger partial charge >= 0.3 is 5.97 Å². The second-order valence-electron chi connectivity index (χ2n) is 8.10. The normalized spacial score (nSPS) is 11.9. The Kier molecular flexibility index (Phi) is 7.03. The van der Waals surface area contributed by atoms with Gasteiger partial charge < -0.3 is 19.1 Å². The Hall–Kier alpha value is -3.58. The molecule has 4 rings (SSSR count).